The maximum Gasteiger partial charge on any atom is 0.328 e. The Morgan fingerprint density at radius 1 is 1.24 bits per heavy atom. The molecule has 0 aliphatic heterocycles. The first-order valence-corrected chi connectivity index (χ1v) is 8.48. The van der Waals surface area contributed by atoms with E-state index >= 15 is 0 Å². The molecule has 4 heteroatoms. The van der Waals surface area contributed by atoms with Crippen LogP contribution < -0.4 is 5.32 Å². The minimum absolute atomic E-state index is 0.145. The molecule has 0 aromatic heterocycles. The summed E-state index contributed by atoms with van der Waals surface area (Å²) in [5.74, 6) is 0.0122. The molecule has 21 heavy (non-hydrogen) atoms. The van der Waals surface area contributed by atoms with Crippen molar-refractivity contribution in [1.29, 1.82) is 0 Å². The van der Waals surface area contributed by atoms with Crippen molar-refractivity contribution in [2.24, 2.45) is 0 Å². The maximum absolute atomic E-state index is 12.0. The molecule has 0 saturated carbocycles. The molecular weight excluding hydrogens is 282 g/mol. The normalized spacial score (nSPS) is 14.7. The van der Waals surface area contributed by atoms with E-state index in [0.29, 0.717) is 13.0 Å². The fraction of sp³-hybridized carbons (Fsp3) is 0.588. The topological polar surface area (TPSA) is 49.3 Å². The summed E-state index contributed by atoms with van der Waals surface area (Å²) in [6.07, 6.45) is 1.49. The average molecular weight is 309 g/mol. The second-order valence-electron chi connectivity index (χ2n) is 6.21. The van der Waals surface area contributed by atoms with Gasteiger partial charge < -0.3 is 5.11 Å². The van der Waals surface area contributed by atoms with Crippen molar-refractivity contribution in [2.75, 3.05) is 12.3 Å². The second kappa shape index (κ2) is 7.85. The summed E-state index contributed by atoms with van der Waals surface area (Å²) in [7, 11) is 0. The van der Waals surface area contributed by atoms with Crippen LogP contribution in [0.5, 0.6) is 0 Å². The zero-order chi connectivity index (χ0) is 15.9. The fourth-order valence-electron chi connectivity index (χ4n) is 2.21. The van der Waals surface area contributed by atoms with Crippen LogP contribution in [0.1, 0.15) is 46.1 Å². The molecule has 0 amide bonds. The first-order chi connectivity index (χ1) is 9.82. The van der Waals surface area contributed by atoms with Crippen LogP contribution in [0.2, 0.25) is 0 Å². The summed E-state index contributed by atoms with van der Waals surface area (Å²) >= 11 is 1.80. The van der Waals surface area contributed by atoms with Gasteiger partial charge in [-0.1, -0.05) is 58.0 Å². The molecular formula is C17H27NO2S. The minimum Gasteiger partial charge on any atom is -0.480 e. The van der Waals surface area contributed by atoms with Gasteiger partial charge in [0.25, 0.3) is 0 Å². The summed E-state index contributed by atoms with van der Waals surface area (Å²) in [5, 5.41) is 13.1. The number of benzene rings is 1. The molecule has 0 fully saturated rings. The van der Waals surface area contributed by atoms with E-state index in [4.69, 9.17) is 0 Å². The van der Waals surface area contributed by atoms with Crippen molar-refractivity contribution in [3.8, 4) is 0 Å². The summed E-state index contributed by atoms with van der Waals surface area (Å²) in [5.41, 5.74) is -0.157. The highest BCUT2D eigenvalue weighted by atomic mass is 32.2. The quantitative estimate of drug-likeness (QED) is 0.765. The van der Waals surface area contributed by atoms with Gasteiger partial charge in [-0.2, -0.15) is 11.8 Å². The van der Waals surface area contributed by atoms with Crippen LogP contribution in [0.3, 0.4) is 0 Å². The number of aliphatic carboxylic acids is 1. The van der Waals surface area contributed by atoms with Crippen molar-refractivity contribution in [3.63, 3.8) is 0 Å². The number of rotatable bonds is 8. The third-order valence-corrected chi connectivity index (χ3v) is 4.59. The lowest BCUT2D eigenvalue weighted by Crippen LogP contribution is -2.50. The van der Waals surface area contributed by atoms with Crippen LogP contribution in [-0.2, 0) is 10.3 Å². The molecule has 1 aromatic rings. The Kier molecular flexibility index (Phi) is 6.75. The predicted octanol–water partition coefficient (Wildman–Crippen LogP) is 3.89. The Balaban J connectivity index is 2.99. The van der Waals surface area contributed by atoms with Gasteiger partial charge in [0.15, 0.2) is 0 Å². The standard InChI is InChI=1S/C17H27NO2S/c1-5-12-18-17(15(19)20,11-13-21-16(2,3)4)14-9-7-6-8-10-14/h6-10,18H,5,11-13H2,1-4H3,(H,19,20). The van der Waals surface area contributed by atoms with E-state index in [1.165, 1.54) is 0 Å². The largest absolute Gasteiger partial charge is 0.480 e. The molecule has 3 nitrogen and oxygen atoms in total. The highest BCUT2D eigenvalue weighted by molar-refractivity contribution is 8.00. The highest BCUT2D eigenvalue weighted by Gasteiger charge is 2.39. The third kappa shape index (κ3) is 5.36. The van der Waals surface area contributed by atoms with Crippen molar-refractivity contribution in [2.45, 2.75) is 50.8 Å². The summed E-state index contributed by atoms with van der Waals surface area (Å²) in [6.45, 7) is 9.21. The molecule has 2 N–H and O–H groups in total. The molecule has 0 saturated heterocycles. The third-order valence-electron chi connectivity index (χ3n) is 3.32. The van der Waals surface area contributed by atoms with Gasteiger partial charge in [0.05, 0.1) is 0 Å². The van der Waals surface area contributed by atoms with E-state index in [2.05, 4.69) is 33.0 Å². The van der Waals surface area contributed by atoms with E-state index in [-0.39, 0.29) is 4.75 Å². The van der Waals surface area contributed by atoms with E-state index in [0.717, 1.165) is 17.7 Å². The van der Waals surface area contributed by atoms with Crippen molar-refractivity contribution in [1.82, 2.24) is 5.32 Å². The smallest absolute Gasteiger partial charge is 0.328 e. The molecule has 1 atom stereocenters. The molecule has 1 rings (SSSR count). The van der Waals surface area contributed by atoms with E-state index < -0.39 is 11.5 Å². The van der Waals surface area contributed by atoms with Crippen LogP contribution in [0.4, 0.5) is 0 Å². The molecule has 118 valence electrons. The molecule has 0 aliphatic rings. The zero-order valence-corrected chi connectivity index (χ0v) is 14.3. The molecule has 0 radical (unpaired) electrons. The monoisotopic (exact) mass is 309 g/mol. The van der Waals surface area contributed by atoms with Crippen LogP contribution in [0.15, 0.2) is 30.3 Å². The van der Waals surface area contributed by atoms with Gasteiger partial charge in [0.2, 0.25) is 0 Å². The Hall–Kier alpha value is -1.00. The fourth-order valence-corrected chi connectivity index (χ4v) is 3.23. The second-order valence-corrected chi connectivity index (χ2v) is 8.14. The van der Waals surface area contributed by atoms with E-state index in [9.17, 15) is 9.90 Å². The number of hydrogen-bond acceptors (Lipinski definition) is 3. The Morgan fingerprint density at radius 2 is 1.86 bits per heavy atom. The molecule has 1 unspecified atom stereocenters. The molecule has 0 spiro atoms. The van der Waals surface area contributed by atoms with Crippen molar-refractivity contribution >= 4 is 17.7 Å². The highest BCUT2D eigenvalue weighted by Crippen LogP contribution is 2.31. The summed E-state index contributed by atoms with van der Waals surface area (Å²) in [6, 6.07) is 9.52. The number of nitrogens with one attached hydrogen (secondary N) is 1. The molecule has 1 aromatic carbocycles. The van der Waals surface area contributed by atoms with Gasteiger partial charge in [0.1, 0.15) is 5.54 Å². The van der Waals surface area contributed by atoms with Crippen LogP contribution in [0, 0.1) is 0 Å². The van der Waals surface area contributed by atoms with Gasteiger partial charge in [-0.25, -0.2) is 4.79 Å². The van der Waals surface area contributed by atoms with E-state index in [1.807, 2.05) is 30.3 Å². The Bertz CT molecular complexity index is 442. The zero-order valence-electron chi connectivity index (χ0n) is 13.5. The lowest BCUT2D eigenvalue weighted by Gasteiger charge is -2.32. The van der Waals surface area contributed by atoms with Gasteiger partial charge in [-0.3, -0.25) is 5.32 Å². The minimum atomic E-state index is -0.991. The number of hydrogen-bond donors (Lipinski definition) is 2. The average Bonchev–Trinajstić information content (AvgIpc) is 2.42. The lowest BCUT2D eigenvalue weighted by atomic mass is 9.87. The first-order valence-electron chi connectivity index (χ1n) is 7.50. The lowest BCUT2D eigenvalue weighted by molar-refractivity contribution is -0.145. The van der Waals surface area contributed by atoms with Crippen LogP contribution >= 0.6 is 11.8 Å². The van der Waals surface area contributed by atoms with Crippen molar-refractivity contribution in [3.05, 3.63) is 35.9 Å². The molecule has 0 bridgehead atoms. The van der Waals surface area contributed by atoms with Gasteiger partial charge in [-0.15, -0.1) is 0 Å². The number of thioether (sulfide) groups is 1. The molecule has 0 aliphatic carbocycles. The Morgan fingerprint density at radius 3 is 2.33 bits per heavy atom. The van der Waals surface area contributed by atoms with Crippen molar-refractivity contribution < 1.29 is 9.90 Å². The van der Waals surface area contributed by atoms with Gasteiger partial charge in [0, 0.05) is 4.75 Å². The number of carboxylic acids is 1. The molecule has 0 heterocycles. The van der Waals surface area contributed by atoms with E-state index in [1.54, 1.807) is 11.8 Å². The summed E-state index contributed by atoms with van der Waals surface area (Å²) in [4.78, 5) is 12.0. The maximum atomic E-state index is 12.0. The van der Waals surface area contributed by atoms with Crippen LogP contribution in [0.25, 0.3) is 0 Å². The van der Waals surface area contributed by atoms with Gasteiger partial charge in [-0.05, 0) is 30.7 Å². The Labute approximate surface area is 132 Å². The van der Waals surface area contributed by atoms with Crippen LogP contribution in [-0.4, -0.2) is 28.1 Å². The number of carbonyl (C=O) groups is 1. The number of carboxylic acid groups (broad SMARTS) is 1. The first kappa shape index (κ1) is 18.1. The predicted molar refractivity (Wildman–Crippen MR) is 90.9 cm³/mol. The van der Waals surface area contributed by atoms with Gasteiger partial charge >= 0.3 is 5.97 Å². The SMILES string of the molecule is CCCNC(CCSC(C)(C)C)(C(=O)O)c1ccccc1. The summed E-state index contributed by atoms with van der Waals surface area (Å²) < 4.78 is 0.145.